The third-order valence-electron chi connectivity index (χ3n) is 3.71. The number of rotatable bonds is 4. The molecule has 3 rings (SSSR count). The summed E-state index contributed by atoms with van der Waals surface area (Å²) in [4.78, 5) is 0. The van der Waals surface area contributed by atoms with Gasteiger partial charge in [-0.1, -0.05) is 42.5 Å². The number of ether oxygens (including phenoxy) is 1. The van der Waals surface area contributed by atoms with Crippen molar-refractivity contribution in [1.29, 1.82) is 0 Å². The molecule has 1 saturated heterocycles. The van der Waals surface area contributed by atoms with Crippen LogP contribution in [0.5, 0.6) is 0 Å². The number of hydrogen-bond acceptors (Lipinski definition) is 3. The summed E-state index contributed by atoms with van der Waals surface area (Å²) in [6.07, 6.45) is 4.28. The van der Waals surface area contributed by atoms with Crippen molar-refractivity contribution in [2.24, 2.45) is 5.10 Å². The Morgan fingerprint density at radius 1 is 1.27 bits per heavy atom. The molecule has 1 aliphatic rings. The van der Waals surface area contributed by atoms with E-state index < -0.39 is 0 Å². The Bertz CT molecular complexity index is 675. The molecule has 0 unspecified atom stereocenters. The normalized spacial score (nSPS) is 17.9. The molecule has 1 heterocycles. The zero-order valence-corrected chi connectivity index (χ0v) is 13.1. The molecule has 0 spiro atoms. The lowest BCUT2D eigenvalue weighted by Gasteiger charge is -2.11. The van der Waals surface area contributed by atoms with Gasteiger partial charge in [0.15, 0.2) is 5.11 Å². The Balaban J connectivity index is 1.55. The van der Waals surface area contributed by atoms with Crippen LogP contribution in [0.2, 0.25) is 0 Å². The first-order valence-electron chi connectivity index (χ1n) is 7.49. The number of thiocarbonyl (C=S) groups is 1. The molecule has 1 aliphatic heterocycles. The predicted octanol–water partition coefficient (Wildman–Crippen LogP) is 2.82. The maximum absolute atomic E-state index is 5.54. The van der Waals surface area contributed by atoms with E-state index in [9.17, 15) is 0 Å². The van der Waals surface area contributed by atoms with Gasteiger partial charge in [-0.15, -0.1) is 0 Å². The number of hydrogen-bond donors (Lipinski definition) is 2. The first kappa shape index (κ1) is 14.9. The first-order chi connectivity index (χ1) is 10.8. The van der Waals surface area contributed by atoms with Gasteiger partial charge >= 0.3 is 0 Å². The van der Waals surface area contributed by atoms with Crippen LogP contribution in [-0.4, -0.2) is 30.6 Å². The summed E-state index contributed by atoms with van der Waals surface area (Å²) in [6.45, 7) is 1.58. The van der Waals surface area contributed by atoms with E-state index in [4.69, 9.17) is 17.0 Å². The standard InChI is InChI=1S/C17H19N3OS/c22-17(18-12-15-8-4-10-21-15)20-19-11-14-7-3-6-13-5-1-2-9-16(13)14/h1-3,5-7,9,11,15H,4,8,10,12H2,(H2,18,20,22)/b19-11-/t15-/m1/s1. The fourth-order valence-electron chi connectivity index (χ4n) is 2.57. The Kier molecular flexibility index (Phi) is 4.98. The van der Waals surface area contributed by atoms with Crippen molar-refractivity contribution >= 4 is 34.3 Å². The molecule has 2 N–H and O–H groups in total. The van der Waals surface area contributed by atoms with Crippen LogP contribution in [0.3, 0.4) is 0 Å². The van der Waals surface area contributed by atoms with Crippen LogP contribution < -0.4 is 10.7 Å². The number of hydrazone groups is 1. The van der Waals surface area contributed by atoms with E-state index in [-0.39, 0.29) is 6.10 Å². The molecule has 2 aromatic rings. The maximum atomic E-state index is 5.54. The molecule has 1 fully saturated rings. The van der Waals surface area contributed by atoms with E-state index in [2.05, 4.69) is 34.0 Å². The lowest BCUT2D eigenvalue weighted by molar-refractivity contribution is 0.114. The van der Waals surface area contributed by atoms with Gasteiger partial charge in [-0.3, -0.25) is 5.43 Å². The minimum atomic E-state index is 0.266. The van der Waals surface area contributed by atoms with E-state index >= 15 is 0 Å². The molecule has 0 aromatic heterocycles. The van der Waals surface area contributed by atoms with Crippen molar-refractivity contribution in [3.63, 3.8) is 0 Å². The minimum absolute atomic E-state index is 0.266. The molecule has 5 heteroatoms. The average molecular weight is 313 g/mol. The van der Waals surface area contributed by atoms with Crippen LogP contribution >= 0.6 is 12.2 Å². The Morgan fingerprint density at radius 3 is 3.00 bits per heavy atom. The molecule has 0 bridgehead atoms. The van der Waals surface area contributed by atoms with Crippen LogP contribution in [0.4, 0.5) is 0 Å². The predicted molar refractivity (Wildman–Crippen MR) is 94.3 cm³/mol. The number of nitrogens with one attached hydrogen (secondary N) is 2. The third-order valence-corrected chi connectivity index (χ3v) is 3.94. The SMILES string of the molecule is S=C(NC[C@H]1CCCO1)N/N=C\c1cccc2ccccc12. The largest absolute Gasteiger partial charge is 0.376 e. The summed E-state index contributed by atoms with van der Waals surface area (Å²) >= 11 is 5.21. The minimum Gasteiger partial charge on any atom is -0.376 e. The second kappa shape index (κ2) is 7.33. The second-order valence-electron chi connectivity index (χ2n) is 5.28. The van der Waals surface area contributed by atoms with Crippen molar-refractivity contribution in [1.82, 2.24) is 10.7 Å². The number of nitrogens with zero attached hydrogens (tertiary/aromatic N) is 1. The summed E-state index contributed by atoms with van der Waals surface area (Å²) in [5.74, 6) is 0. The van der Waals surface area contributed by atoms with E-state index in [1.165, 1.54) is 10.8 Å². The lowest BCUT2D eigenvalue weighted by Crippen LogP contribution is -2.37. The highest BCUT2D eigenvalue weighted by Gasteiger charge is 2.14. The van der Waals surface area contributed by atoms with Gasteiger partial charge in [-0.05, 0) is 35.8 Å². The summed E-state index contributed by atoms with van der Waals surface area (Å²) in [7, 11) is 0. The molecule has 0 saturated carbocycles. The van der Waals surface area contributed by atoms with Crippen LogP contribution in [0.25, 0.3) is 10.8 Å². The van der Waals surface area contributed by atoms with Crippen molar-refractivity contribution in [2.45, 2.75) is 18.9 Å². The van der Waals surface area contributed by atoms with Gasteiger partial charge in [-0.2, -0.15) is 5.10 Å². The summed E-state index contributed by atoms with van der Waals surface area (Å²) in [5.41, 5.74) is 3.92. The van der Waals surface area contributed by atoms with Gasteiger partial charge in [0, 0.05) is 18.7 Å². The van der Waals surface area contributed by atoms with Gasteiger partial charge < -0.3 is 10.1 Å². The zero-order chi connectivity index (χ0) is 15.2. The highest BCUT2D eigenvalue weighted by Crippen LogP contribution is 2.16. The number of fused-ring (bicyclic) bond motifs is 1. The molecule has 0 aliphatic carbocycles. The molecule has 2 aromatic carbocycles. The molecular weight excluding hydrogens is 294 g/mol. The molecule has 1 atom stereocenters. The first-order valence-corrected chi connectivity index (χ1v) is 7.90. The molecular formula is C17H19N3OS. The van der Waals surface area contributed by atoms with Crippen molar-refractivity contribution < 1.29 is 4.74 Å². The summed E-state index contributed by atoms with van der Waals surface area (Å²) in [5, 5.41) is 10.2. The van der Waals surface area contributed by atoms with Gasteiger partial charge in [0.1, 0.15) is 0 Å². The third kappa shape index (κ3) is 3.81. The van der Waals surface area contributed by atoms with Gasteiger partial charge in [0.05, 0.1) is 12.3 Å². The lowest BCUT2D eigenvalue weighted by atomic mass is 10.1. The Hall–Kier alpha value is -1.98. The Labute approximate surface area is 135 Å². The smallest absolute Gasteiger partial charge is 0.187 e. The zero-order valence-electron chi connectivity index (χ0n) is 12.3. The van der Waals surface area contributed by atoms with Crippen molar-refractivity contribution in [3.8, 4) is 0 Å². The van der Waals surface area contributed by atoms with E-state index in [1.54, 1.807) is 6.21 Å². The van der Waals surface area contributed by atoms with E-state index in [1.807, 2.05) is 24.3 Å². The fourth-order valence-corrected chi connectivity index (χ4v) is 2.71. The van der Waals surface area contributed by atoms with Crippen LogP contribution in [-0.2, 0) is 4.74 Å². The molecule has 0 amide bonds. The summed E-state index contributed by atoms with van der Waals surface area (Å²) in [6, 6.07) is 14.4. The van der Waals surface area contributed by atoms with Crippen molar-refractivity contribution in [3.05, 3.63) is 48.0 Å². The molecule has 0 radical (unpaired) electrons. The highest BCUT2D eigenvalue weighted by molar-refractivity contribution is 7.80. The van der Waals surface area contributed by atoms with E-state index in [0.717, 1.165) is 31.6 Å². The molecule has 114 valence electrons. The van der Waals surface area contributed by atoms with Gasteiger partial charge in [0.2, 0.25) is 0 Å². The van der Waals surface area contributed by atoms with Crippen LogP contribution in [0.1, 0.15) is 18.4 Å². The van der Waals surface area contributed by atoms with E-state index in [0.29, 0.717) is 5.11 Å². The average Bonchev–Trinajstić information content (AvgIpc) is 3.07. The van der Waals surface area contributed by atoms with Crippen LogP contribution in [0, 0.1) is 0 Å². The maximum Gasteiger partial charge on any atom is 0.187 e. The summed E-state index contributed by atoms with van der Waals surface area (Å²) < 4.78 is 5.54. The topological polar surface area (TPSA) is 45.6 Å². The monoisotopic (exact) mass is 313 g/mol. The number of benzene rings is 2. The fraction of sp³-hybridized carbons (Fsp3) is 0.294. The molecule has 4 nitrogen and oxygen atoms in total. The van der Waals surface area contributed by atoms with Crippen molar-refractivity contribution in [2.75, 3.05) is 13.2 Å². The highest BCUT2D eigenvalue weighted by atomic mass is 32.1. The molecule has 22 heavy (non-hydrogen) atoms. The van der Waals surface area contributed by atoms with Crippen LogP contribution in [0.15, 0.2) is 47.6 Å². The Morgan fingerprint density at radius 2 is 2.14 bits per heavy atom. The quantitative estimate of drug-likeness (QED) is 0.518. The second-order valence-corrected chi connectivity index (χ2v) is 5.69. The van der Waals surface area contributed by atoms with Gasteiger partial charge in [-0.25, -0.2) is 0 Å². The van der Waals surface area contributed by atoms with Gasteiger partial charge in [0.25, 0.3) is 0 Å².